The van der Waals surface area contributed by atoms with Gasteiger partial charge in [0.25, 0.3) is 0 Å². The third kappa shape index (κ3) is 4.12. The number of carbonyl (C=O) groups is 3. The lowest BCUT2D eigenvalue weighted by Gasteiger charge is -2.30. The molecule has 0 radical (unpaired) electrons. The number of benzene rings is 2. The number of carbonyl (C=O) groups excluding carboxylic acids is 3. The highest BCUT2D eigenvalue weighted by Crippen LogP contribution is 2.44. The van der Waals surface area contributed by atoms with Crippen LogP contribution in [0.3, 0.4) is 0 Å². The number of methoxy groups -OCH3 is 1. The molecule has 2 aliphatic rings. The van der Waals surface area contributed by atoms with Crippen LogP contribution in [0.1, 0.15) is 42.9 Å². The zero-order valence-corrected chi connectivity index (χ0v) is 18.4. The number of rotatable bonds is 8. The summed E-state index contributed by atoms with van der Waals surface area (Å²) in [6.07, 6.45) is 0.618. The highest BCUT2D eigenvalue weighted by molar-refractivity contribution is 6.11. The molecule has 0 aromatic heterocycles. The van der Waals surface area contributed by atoms with Crippen molar-refractivity contribution < 1.29 is 24.2 Å². The summed E-state index contributed by atoms with van der Waals surface area (Å²) in [5.41, 5.74) is 0.101. The Bertz CT molecular complexity index is 1000. The maximum Gasteiger partial charge on any atom is 0.241 e. The lowest BCUT2D eigenvalue weighted by Crippen LogP contribution is -2.44. The van der Waals surface area contributed by atoms with Gasteiger partial charge in [-0.3, -0.25) is 19.3 Å². The standard InChI is InChI=1S/C25H28N2O5/c1-26(16-21(28)17-6-4-3-5-7-17)22(29)14-25(18-8-12-20(32-2)13-9-18)15-23(30)27(24(25)31)19-10-11-19/h3-9,12-13,19,21,28H,10-11,14-16H2,1-2H3/t21-,25-/m0/s1. The van der Waals surface area contributed by atoms with Crippen molar-refractivity contribution in [3.63, 3.8) is 0 Å². The summed E-state index contributed by atoms with van der Waals surface area (Å²) >= 11 is 0. The van der Waals surface area contributed by atoms with E-state index in [9.17, 15) is 19.5 Å². The van der Waals surface area contributed by atoms with E-state index >= 15 is 0 Å². The van der Waals surface area contributed by atoms with Gasteiger partial charge in [-0.15, -0.1) is 0 Å². The molecule has 2 fully saturated rings. The maximum absolute atomic E-state index is 13.5. The number of hydrogen-bond donors (Lipinski definition) is 1. The van der Waals surface area contributed by atoms with E-state index in [0.717, 1.165) is 12.8 Å². The molecular weight excluding hydrogens is 408 g/mol. The van der Waals surface area contributed by atoms with Crippen molar-refractivity contribution in [3.05, 3.63) is 65.7 Å². The molecule has 7 nitrogen and oxygen atoms in total. The molecule has 1 heterocycles. The van der Waals surface area contributed by atoms with Crippen molar-refractivity contribution in [2.24, 2.45) is 0 Å². The quantitative estimate of drug-likeness (QED) is 0.643. The van der Waals surface area contributed by atoms with E-state index < -0.39 is 11.5 Å². The first kappa shape index (κ1) is 22.0. The van der Waals surface area contributed by atoms with Crippen LogP contribution < -0.4 is 4.74 Å². The summed E-state index contributed by atoms with van der Waals surface area (Å²) in [5, 5.41) is 10.5. The number of likely N-dealkylation sites (N-methyl/N-ethyl adjacent to an activating group) is 1. The van der Waals surface area contributed by atoms with E-state index in [1.54, 1.807) is 50.6 Å². The molecule has 7 heteroatoms. The fourth-order valence-corrected chi connectivity index (χ4v) is 4.38. The van der Waals surface area contributed by atoms with E-state index in [-0.39, 0.29) is 43.1 Å². The van der Waals surface area contributed by atoms with Gasteiger partial charge in [0.2, 0.25) is 17.7 Å². The Kier molecular flexibility index (Phi) is 6.02. The molecular formula is C25H28N2O5. The zero-order valence-electron chi connectivity index (χ0n) is 18.4. The Labute approximate surface area is 187 Å². The van der Waals surface area contributed by atoms with Gasteiger partial charge in [-0.2, -0.15) is 0 Å². The van der Waals surface area contributed by atoms with Gasteiger partial charge in [-0.25, -0.2) is 0 Å². The second-order valence-electron chi connectivity index (χ2n) is 8.66. The Morgan fingerprint density at radius 2 is 1.81 bits per heavy atom. The molecule has 32 heavy (non-hydrogen) atoms. The maximum atomic E-state index is 13.5. The number of likely N-dealkylation sites (tertiary alicyclic amines) is 1. The lowest BCUT2D eigenvalue weighted by molar-refractivity contribution is -0.143. The van der Waals surface area contributed by atoms with E-state index in [1.807, 2.05) is 18.2 Å². The first-order chi connectivity index (χ1) is 15.4. The van der Waals surface area contributed by atoms with E-state index in [4.69, 9.17) is 4.74 Å². The number of imide groups is 1. The van der Waals surface area contributed by atoms with E-state index in [1.165, 1.54) is 9.80 Å². The summed E-state index contributed by atoms with van der Waals surface area (Å²) in [6, 6.07) is 16.1. The minimum Gasteiger partial charge on any atom is -0.497 e. The summed E-state index contributed by atoms with van der Waals surface area (Å²) in [7, 11) is 3.16. The summed E-state index contributed by atoms with van der Waals surface area (Å²) in [5.74, 6) is -0.197. The van der Waals surface area contributed by atoms with Crippen molar-refractivity contribution in [2.75, 3.05) is 20.7 Å². The van der Waals surface area contributed by atoms with Gasteiger partial charge < -0.3 is 14.7 Å². The molecule has 4 rings (SSSR count). The van der Waals surface area contributed by atoms with Gasteiger partial charge in [-0.1, -0.05) is 42.5 Å². The zero-order chi connectivity index (χ0) is 22.9. The highest BCUT2D eigenvalue weighted by atomic mass is 16.5. The summed E-state index contributed by atoms with van der Waals surface area (Å²) in [4.78, 5) is 42.3. The molecule has 168 valence electrons. The molecule has 1 aliphatic heterocycles. The van der Waals surface area contributed by atoms with Crippen molar-refractivity contribution in [1.82, 2.24) is 9.80 Å². The molecule has 1 saturated carbocycles. The van der Waals surface area contributed by atoms with Gasteiger partial charge in [0.05, 0.1) is 25.2 Å². The van der Waals surface area contributed by atoms with Gasteiger partial charge >= 0.3 is 0 Å². The summed E-state index contributed by atoms with van der Waals surface area (Å²) < 4.78 is 5.22. The molecule has 2 aromatic rings. The second kappa shape index (κ2) is 8.74. The lowest BCUT2D eigenvalue weighted by atomic mass is 9.75. The largest absolute Gasteiger partial charge is 0.497 e. The van der Waals surface area contributed by atoms with Crippen LogP contribution >= 0.6 is 0 Å². The predicted octanol–water partition coefficient (Wildman–Crippen LogP) is 2.44. The Hall–Kier alpha value is -3.19. The van der Waals surface area contributed by atoms with Crippen molar-refractivity contribution in [2.45, 2.75) is 43.2 Å². The van der Waals surface area contributed by atoms with Crippen LogP contribution in [0.5, 0.6) is 5.75 Å². The number of nitrogens with zero attached hydrogens (tertiary/aromatic N) is 2. The molecule has 2 atom stereocenters. The number of aliphatic hydroxyl groups excluding tert-OH is 1. The number of hydrogen-bond acceptors (Lipinski definition) is 5. The van der Waals surface area contributed by atoms with E-state index in [0.29, 0.717) is 16.9 Å². The van der Waals surface area contributed by atoms with Gasteiger partial charge in [0.1, 0.15) is 5.75 Å². The fraction of sp³-hybridized carbons (Fsp3) is 0.400. The molecule has 1 saturated heterocycles. The molecule has 0 unspecified atom stereocenters. The smallest absolute Gasteiger partial charge is 0.241 e. The SMILES string of the molecule is COc1ccc([C@]2(CC(=O)N(C)C[C@H](O)c3ccccc3)CC(=O)N(C3CC3)C2=O)cc1. The topological polar surface area (TPSA) is 87.2 Å². The minimum absolute atomic E-state index is 0.0323. The van der Waals surface area contributed by atoms with Crippen molar-refractivity contribution in [1.29, 1.82) is 0 Å². The van der Waals surface area contributed by atoms with Crippen molar-refractivity contribution >= 4 is 17.7 Å². The predicted molar refractivity (Wildman–Crippen MR) is 118 cm³/mol. The average Bonchev–Trinajstić information content (AvgIpc) is 3.60. The molecule has 3 amide bonds. The molecule has 0 bridgehead atoms. The molecule has 1 aliphatic carbocycles. The fourth-order valence-electron chi connectivity index (χ4n) is 4.38. The monoisotopic (exact) mass is 436 g/mol. The van der Waals surface area contributed by atoms with Crippen LogP contribution in [0.2, 0.25) is 0 Å². The third-order valence-corrected chi connectivity index (χ3v) is 6.41. The third-order valence-electron chi connectivity index (χ3n) is 6.41. The van der Waals surface area contributed by atoms with Gasteiger partial charge in [-0.05, 0) is 36.1 Å². The van der Waals surface area contributed by atoms with Gasteiger partial charge in [0.15, 0.2) is 0 Å². The normalized spacial score (nSPS) is 21.5. The first-order valence-corrected chi connectivity index (χ1v) is 10.8. The Morgan fingerprint density at radius 1 is 1.16 bits per heavy atom. The Morgan fingerprint density at radius 3 is 2.41 bits per heavy atom. The highest BCUT2D eigenvalue weighted by Gasteiger charge is 2.57. The molecule has 2 aromatic carbocycles. The van der Waals surface area contributed by atoms with Gasteiger partial charge in [0, 0.05) is 25.9 Å². The van der Waals surface area contributed by atoms with Crippen LogP contribution in [0.15, 0.2) is 54.6 Å². The van der Waals surface area contributed by atoms with Crippen LogP contribution in [0.4, 0.5) is 0 Å². The Balaban J connectivity index is 1.58. The summed E-state index contributed by atoms with van der Waals surface area (Å²) in [6.45, 7) is 0.0933. The number of aliphatic hydroxyl groups is 1. The molecule has 1 N–H and O–H groups in total. The average molecular weight is 437 g/mol. The number of ether oxygens (including phenoxy) is 1. The van der Waals surface area contributed by atoms with Crippen LogP contribution in [-0.4, -0.2) is 59.4 Å². The van der Waals surface area contributed by atoms with Crippen LogP contribution in [0, 0.1) is 0 Å². The minimum atomic E-state index is -1.24. The van der Waals surface area contributed by atoms with Crippen LogP contribution in [0.25, 0.3) is 0 Å². The molecule has 0 spiro atoms. The second-order valence-corrected chi connectivity index (χ2v) is 8.66. The van der Waals surface area contributed by atoms with Crippen LogP contribution in [-0.2, 0) is 19.8 Å². The van der Waals surface area contributed by atoms with Crippen molar-refractivity contribution in [3.8, 4) is 5.75 Å². The van der Waals surface area contributed by atoms with E-state index in [2.05, 4.69) is 0 Å². The first-order valence-electron chi connectivity index (χ1n) is 10.8. The number of amides is 3.